The van der Waals surface area contributed by atoms with Gasteiger partial charge in [0.15, 0.2) is 0 Å². The number of allylic oxidation sites excluding steroid dienone is 12. The number of aromatic nitrogens is 1. The summed E-state index contributed by atoms with van der Waals surface area (Å²) in [5.74, 6) is 1.14. The normalized spacial score (nSPS) is 12.4. The van der Waals surface area contributed by atoms with Crippen LogP contribution in [0.5, 0.6) is 0 Å². The van der Waals surface area contributed by atoms with E-state index >= 15 is 0 Å². The molecule has 2 heterocycles. The van der Waals surface area contributed by atoms with Crippen molar-refractivity contribution in [2.45, 2.75) is 81.6 Å². The van der Waals surface area contributed by atoms with Crippen molar-refractivity contribution in [3.8, 4) is 33.4 Å². The molecule has 0 spiro atoms. The molecule has 62 heavy (non-hydrogen) atoms. The molecule has 318 valence electrons. The molecule has 0 bridgehead atoms. The highest BCUT2D eigenvalue weighted by Gasteiger charge is 2.19. The molecule has 3 heteroatoms. The van der Waals surface area contributed by atoms with E-state index in [-0.39, 0.29) is 5.92 Å². The molecule has 0 N–H and O–H groups in total. The Balaban J connectivity index is 0.00000358. The fourth-order valence-electron chi connectivity index (χ4n) is 7.55. The van der Waals surface area contributed by atoms with Gasteiger partial charge < -0.3 is 4.42 Å². The van der Waals surface area contributed by atoms with Gasteiger partial charge in [0.05, 0.1) is 5.69 Å². The quantitative estimate of drug-likeness (QED) is 0.0852. The van der Waals surface area contributed by atoms with Crippen LogP contribution >= 0.6 is 11.9 Å². The van der Waals surface area contributed by atoms with Gasteiger partial charge >= 0.3 is 0 Å². The fourth-order valence-corrected chi connectivity index (χ4v) is 8.60. The van der Waals surface area contributed by atoms with Crippen LogP contribution in [-0.4, -0.2) is 3.97 Å². The summed E-state index contributed by atoms with van der Waals surface area (Å²) in [7, 11) is 0. The minimum atomic E-state index is 0.252. The number of aryl methyl sites for hydroxylation is 1. The molecule has 6 rings (SSSR count). The van der Waals surface area contributed by atoms with E-state index in [9.17, 15) is 0 Å². The van der Waals surface area contributed by atoms with Crippen LogP contribution in [-0.2, 0) is 0 Å². The third-order valence-corrected chi connectivity index (χ3v) is 12.0. The van der Waals surface area contributed by atoms with E-state index in [0.717, 1.165) is 69.4 Å². The molecule has 2 aromatic heterocycles. The number of para-hydroxylation sites is 1. The van der Waals surface area contributed by atoms with Crippen LogP contribution in [0.25, 0.3) is 67.6 Å². The molecule has 2 nitrogen and oxygen atoms in total. The van der Waals surface area contributed by atoms with E-state index in [1.165, 1.54) is 44.0 Å². The molecule has 0 aliphatic heterocycles. The van der Waals surface area contributed by atoms with Crippen molar-refractivity contribution in [3.63, 3.8) is 0 Å². The summed E-state index contributed by atoms with van der Waals surface area (Å²) in [6.07, 6.45) is 26.9. The first-order valence-corrected chi connectivity index (χ1v) is 23.0. The average Bonchev–Trinajstić information content (AvgIpc) is 3.91. The maximum absolute atomic E-state index is 6.34. The van der Waals surface area contributed by atoms with Crippen molar-refractivity contribution < 1.29 is 4.42 Å². The van der Waals surface area contributed by atoms with Crippen molar-refractivity contribution >= 4 is 46.2 Å². The first-order valence-electron chi connectivity index (χ1n) is 22.2. The van der Waals surface area contributed by atoms with Gasteiger partial charge in [0, 0.05) is 27.6 Å². The van der Waals surface area contributed by atoms with E-state index in [2.05, 4.69) is 224 Å². The van der Waals surface area contributed by atoms with Crippen molar-refractivity contribution in [3.05, 3.63) is 204 Å². The highest BCUT2D eigenvalue weighted by atomic mass is 32.2. The molecule has 1 atom stereocenters. The molecule has 6 aromatic rings. The number of fused-ring (bicyclic) bond motifs is 1. The first kappa shape index (κ1) is 47.0. The fraction of sp³-hybridized carbons (Fsp3) is 0.220. The number of furan rings is 1. The van der Waals surface area contributed by atoms with E-state index < -0.39 is 0 Å². The second kappa shape index (κ2) is 23.3. The summed E-state index contributed by atoms with van der Waals surface area (Å²) < 4.78 is 8.70. The Morgan fingerprint density at radius 2 is 1.53 bits per heavy atom. The largest absolute Gasteiger partial charge is 0.456 e. The van der Waals surface area contributed by atoms with E-state index in [4.69, 9.17) is 4.42 Å². The SMILES string of the molecule is C=Cc1c(-c2cc(C(/C=C\C)=C(C)C)n(S/C(=C/C=C\C)C(C)C/C=C\C(=C)c3cccc(-c4cccc5cc(/C=C\CCC)oc45)c3)c2)cccc1-c1ccccc1C.CC. The lowest BCUT2D eigenvalue weighted by molar-refractivity contribution is 0.605. The Morgan fingerprint density at radius 3 is 2.26 bits per heavy atom. The number of hydrogen-bond acceptors (Lipinski definition) is 2. The standard InChI is InChI=1S/C57H59NOS.C2H6/c1-10-14-16-30-48-37-46-29-21-33-53(57(46)59-48)45-28-20-27-44(36-45)41(7)25-19-26-43(9)56(35-15-11-2)60-58-39-47(38-55(58)50(23-12-3)40(5)6)52-32-22-34-54(49(52)13-4)51-31-18-17-24-42(51)8;1-2/h11-13,15-25,27-39,43H,4,7,10,14,26H2,1-3,5-6,8-9H3;1-2H3/b15-11-,23-12-,25-19-,30-16-,56-35+;. The molecule has 0 aliphatic rings. The molecule has 0 saturated heterocycles. The summed E-state index contributed by atoms with van der Waals surface area (Å²) in [4.78, 5) is 1.27. The van der Waals surface area contributed by atoms with Gasteiger partial charge in [-0.1, -0.05) is 186 Å². The molecule has 0 saturated carbocycles. The van der Waals surface area contributed by atoms with Gasteiger partial charge in [-0.05, 0) is 140 Å². The second-order valence-corrected chi connectivity index (χ2v) is 16.6. The molecule has 0 aliphatic carbocycles. The smallest absolute Gasteiger partial charge is 0.142 e. The van der Waals surface area contributed by atoms with Gasteiger partial charge in [-0.25, -0.2) is 0 Å². The Bertz CT molecular complexity index is 2660. The zero-order valence-electron chi connectivity index (χ0n) is 38.5. The Kier molecular flexibility index (Phi) is 17.6. The molecule has 1 unspecified atom stereocenters. The summed E-state index contributed by atoms with van der Waals surface area (Å²) >= 11 is 1.79. The van der Waals surface area contributed by atoms with Crippen molar-refractivity contribution in [2.24, 2.45) is 5.92 Å². The Morgan fingerprint density at radius 1 is 0.806 bits per heavy atom. The maximum atomic E-state index is 6.34. The van der Waals surface area contributed by atoms with E-state index in [1.807, 2.05) is 19.9 Å². The number of unbranched alkanes of at least 4 members (excludes halogenated alkanes) is 1. The monoisotopic (exact) mass is 835 g/mol. The Hall–Kier alpha value is -6.03. The molecular formula is C59H65NOS. The summed E-state index contributed by atoms with van der Waals surface area (Å²) in [6.45, 7) is 28.0. The van der Waals surface area contributed by atoms with Crippen LogP contribution in [0.15, 0.2) is 180 Å². The third-order valence-electron chi connectivity index (χ3n) is 10.8. The van der Waals surface area contributed by atoms with E-state index in [1.54, 1.807) is 11.9 Å². The second-order valence-electron chi connectivity index (χ2n) is 15.5. The first-order chi connectivity index (χ1) is 30.2. The minimum absolute atomic E-state index is 0.252. The lowest BCUT2D eigenvalue weighted by Crippen LogP contribution is -2.00. The predicted molar refractivity (Wildman–Crippen MR) is 278 cm³/mol. The minimum Gasteiger partial charge on any atom is -0.456 e. The number of rotatable bonds is 17. The van der Waals surface area contributed by atoms with Crippen molar-refractivity contribution in [2.75, 3.05) is 0 Å². The van der Waals surface area contributed by atoms with Crippen LogP contribution in [0.3, 0.4) is 0 Å². The summed E-state index contributed by atoms with van der Waals surface area (Å²) in [6, 6.07) is 34.6. The van der Waals surface area contributed by atoms with Gasteiger partial charge in [-0.2, -0.15) is 0 Å². The molecule has 4 aromatic carbocycles. The van der Waals surface area contributed by atoms with Gasteiger partial charge in [0.25, 0.3) is 0 Å². The van der Waals surface area contributed by atoms with Gasteiger partial charge in [0.1, 0.15) is 11.3 Å². The highest BCUT2D eigenvalue weighted by Crippen LogP contribution is 2.40. The van der Waals surface area contributed by atoms with Gasteiger partial charge in [-0.3, -0.25) is 3.97 Å². The number of nitrogens with zero attached hydrogens (tertiary/aromatic N) is 1. The molecule has 0 radical (unpaired) electrons. The zero-order valence-corrected chi connectivity index (χ0v) is 39.3. The van der Waals surface area contributed by atoms with Crippen molar-refractivity contribution in [1.82, 2.24) is 3.97 Å². The van der Waals surface area contributed by atoms with Crippen LogP contribution in [0.1, 0.15) is 103 Å². The predicted octanol–water partition coefficient (Wildman–Crippen LogP) is 18.6. The van der Waals surface area contributed by atoms with Crippen molar-refractivity contribution in [1.29, 1.82) is 0 Å². The van der Waals surface area contributed by atoms with Crippen LogP contribution in [0, 0.1) is 12.8 Å². The zero-order chi connectivity index (χ0) is 44.6. The summed E-state index contributed by atoms with van der Waals surface area (Å²) in [5.41, 5.74) is 16.0. The Labute approximate surface area is 377 Å². The average molecular weight is 836 g/mol. The lowest BCUT2D eigenvalue weighted by atomic mass is 9.90. The summed E-state index contributed by atoms with van der Waals surface area (Å²) in [5, 5.41) is 1.11. The third kappa shape index (κ3) is 11.5. The maximum Gasteiger partial charge on any atom is 0.142 e. The topological polar surface area (TPSA) is 18.1 Å². The van der Waals surface area contributed by atoms with Crippen LogP contribution in [0.4, 0.5) is 0 Å². The van der Waals surface area contributed by atoms with Crippen LogP contribution < -0.4 is 0 Å². The molecule has 0 amide bonds. The van der Waals surface area contributed by atoms with Gasteiger partial charge in [-0.15, -0.1) is 0 Å². The highest BCUT2D eigenvalue weighted by molar-refractivity contribution is 8.01. The molecular weight excluding hydrogens is 771 g/mol. The van der Waals surface area contributed by atoms with Gasteiger partial charge in [0.2, 0.25) is 0 Å². The van der Waals surface area contributed by atoms with E-state index in [0.29, 0.717) is 0 Å². The van der Waals surface area contributed by atoms with Crippen LogP contribution in [0.2, 0.25) is 0 Å². The number of benzene rings is 4. The molecule has 0 fully saturated rings. The number of hydrogen-bond donors (Lipinski definition) is 0. The lowest BCUT2D eigenvalue weighted by Gasteiger charge is -2.17.